The molecule has 33 heavy (non-hydrogen) atoms. The van der Waals surface area contributed by atoms with Gasteiger partial charge in [-0.05, 0) is 29.7 Å². The first-order chi connectivity index (χ1) is 16.0. The smallest absolute Gasteiger partial charge is 0.295 e. The van der Waals surface area contributed by atoms with Gasteiger partial charge in [0.05, 0.1) is 25.8 Å². The highest BCUT2D eigenvalue weighted by molar-refractivity contribution is 6.46. The second-order valence-electron chi connectivity index (χ2n) is 7.71. The Morgan fingerprint density at radius 1 is 0.879 bits per heavy atom. The van der Waals surface area contributed by atoms with Crippen LogP contribution >= 0.6 is 0 Å². The summed E-state index contributed by atoms with van der Waals surface area (Å²) in [6, 6.07) is 23.0. The first kappa shape index (κ1) is 22.1. The van der Waals surface area contributed by atoms with Crippen LogP contribution in [0.2, 0.25) is 0 Å². The third-order valence-corrected chi connectivity index (χ3v) is 5.79. The van der Waals surface area contributed by atoms with Crippen molar-refractivity contribution >= 4 is 17.4 Å². The Kier molecular flexibility index (Phi) is 6.45. The molecule has 1 amide bonds. The van der Waals surface area contributed by atoms with E-state index in [1.807, 2.05) is 36.4 Å². The van der Waals surface area contributed by atoms with Crippen LogP contribution in [-0.2, 0) is 16.0 Å². The van der Waals surface area contributed by atoms with Gasteiger partial charge in [-0.2, -0.15) is 0 Å². The van der Waals surface area contributed by atoms with Gasteiger partial charge in [-0.15, -0.1) is 0 Å². The van der Waals surface area contributed by atoms with E-state index in [1.54, 1.807) is 49.6 Å². The number of hydrogen-bond donors (Lipinski definition) is 1. The van der Waals surface area contributed by atoms with Crippen molar-refractivity contribution in [3.8, 4) is 11.5 Å². The monoisotopic (exact) mass is 443 g/mol. The fraction of sp³-hybridized carbons (Fsp3) is 0.185. The SMILES string of the molecule is COc1ccc(C2/C(=C(\O)c3ccccc3)C(=O)C(=O)N2CCc2ccccc2)cc1OC. The summed E-state index contributed by atoms with van der Waals surface area (Å²) in [7, 11) is 3.07. The lowest BCUT2D eigenvalue weighted by Crippen LogP contribution is -2.31. The van der Waals surface area contributed by atoms with E-state index in [2.05, 4.69) is 0 Å². The van der Waals surface area contributed by atoms with Gasteiger partial charge in [0.15, 0.2) is 11.5 Å². The highest BCUT2D eigenvalue weighted by atomic mass is 16.5. The van der Waals surface area contributed by atoms with Crippen LogP contribution in [0.1, 0.15) is 22.7 Å². The number of ether oxygens (including phenoxy) is 2. The zero-order valence-corrected chi connectivity index (χ0v) is 18.5. The van der Waals surface area contributed by atoms with Gasteiger partial charge in [0, 0.05) is 12.1 Å². The standard InChI is InChI=1S/C27H25NO5/c1-32-21-14-13-20(17-22(21)33-2)24-23(25(29)19-11-7-4-8-12-19)26(30)27(31)28(24)16-15-18-9-5-3-6-10-18/h3-14,17,24,29H,15-16H2,1-2H3/b25-23+. The predicted molar refractivity (Wildman–Crippen MR) is 125 cm³/mol. The predicted octanol–water partition coefficient (Wildman–Crippen LogP) is 4.37. The van der Waals surface area contributed by atoms with Crippen molar-refractivity contribution in [2.24, 2.45) is 0 Å². The fourth-order valence-electron chi connectivity index (χ4n) is 4.13. The van der Waals surface area contributed by atoms with E-state index in [9.17, 15) is 14.7 Å². The van der Waals surface area contributed by atoms with Crippen molar-refractivity contribution in [2.45, 2.75) is 12.5 Å². The number of methoxy groups -OCH3 is 2. The molecule has 6 nitrogen and oxygen atoms in total. The molecule has 0 saturated carbocycles. The van der Waals surface area contributed by atoms with Crippen LogP contribution in [0.25, 0.3) is 5.76 Å². The Hall–Kier alpha value is -4.06. The van der Waals surface area contributed by atoms with Crippen LogP contribution in [0.3, 0.4) is 0 Å². The van der Waals surface area contributed by atoms with Crippen molar-refractivity contribution in [2.75, 3.05) is 20.8 Å². The van der Waals surface area contributed by atoms with Crippen LogP contribution in [0.5, 0.6) is 11.5 Å². The number of ketones is 1. The number of carbonyl (C=O) groups excluding carboxylic acids is 2. The molecule has 1 unspecified atom stereocenters. The molecule has 168 valence electrons. The first-order valence-electron chi connectivity index (χ1n) is 10.6. The van der Waals surface area contributed by atoms with Gasteiger partial charge < -0.3 is 19.5 Å². The summed E-state index contributed by atoms with van der Waals surface area (Å²) in [6.45, 7) is 0.319. The number of Topliss-reactive ketones (excluding diaryl/α,β-unsaturated/α-hetero) is 1. The minimum absolute atomic E-state index is 0.0616. The maximum atomic E-state index is 13.1. The van der Waals surface area contributed by atoms with Crippen molar-refractivity contribution in [1.82, 2.24) is 4.90 Å². The van der Waals surface area contributed by atoms with E-state index in [4.69, 9.17) is 9.47 Å². The lowest BCUT2D eigenvalue weighted by Gasteiger charge is -2.26. The summed E-state index contributed by atoms with van der Waals surface area (Å²) >= 11 is 0. The number of nitrogens with zero attached hydrogens (tertiary/aromatic N) is 1. The van der Waals surface area contributed by atoms with Crippen LogP contribution in [0.4, 0.5) is 0 Å². The first-order valence-corrected chi connectivity index (χ1v) is 10.6. The van der Waals surface area contributed by atoms with E-state index in [0.29, 0.717) is 35.6 Å². The normalized spacial score (nSPS) is 17.3. The zero-order chi connectivity index (χ0) is 23.4. The van der Waals surface area contributed by atoms with Crippen molar-refractivity contribution in [3.05, 3.63) is 101 Å². The van der Waals surface area contributed by atoms with Gasteiger partial charge in [0.25, 0.3) is 11.7 Å². The molecule has 6 heteroatoms. The second-order valence-corrected chi connectivity index (χ2v) is 7.71. The van der Waals surface area contributed by atoms with E-state index in [1.165, 1.54) is 12.0 Å². The van der Waals surface area contributed by atoms with E-state index < -0.39 is 17.7 Å². The lowest BCUT2D eigenvalue weighted by atomic mass is 9.95. The quantitative estimate of drug-likeness (QED) is 0.333. The number of likely N-dealkylation sites (tertiary alicyclic amines) is 1. The van der Waals surface area contributed by atoms with Gasteiger partial charge in [-0.25, -0.2) is 0 Å². The summed E-state index contributed by atoms with van der Waals surface area (Å²) in [6.07, 6.45) is 0.572. The average Bonchev–Trinajstić information content (AvgIpc) is 3.12. The lowest BCUT2D eigenvalue weighted by molar-refractivity contribution is -0.139. The molecule has 0 aliphatic carbocycles. The molecule has 4 rings (SSSR count). The topological polar surface area (TPSA) is 76.1 Å². The van der Waals surface area contributed by atoms with Crippen LogP contribution < -0.4 is 9.47 Å². The molecule has 3 aromatic rings. The summed E-state index contributed by atoms with van der Waals surface area (Å²) < 4.78 is 10.8. The Balaban J connectivity index is 1.82. The van der Waals surface area contributed by atoms with E-state index in [-0.39, 0.29) is 11.3 Å². The molecule has 0 spiro atoms. The third-order valence-electron chi connectivity index (χ3n) is 5.79. The molecular weight excluding hydrogens is 418 g/mol. The fourth-order valence-corrected chi connectivity index (χ4v) is 4.13. The summed E-state index contributed by atoms with van der Waals surface area (Å²) in [5, 5.41) is 11.1. The van der Waals surface area contributed by atoms with Gasteiger partial charge in [-0.3, -0.25) is 9.59 Å². The third kappa shape index (κ3) is 4.32. The molecule has 1 aliphatic heterocycles. The summed E-state index contributed by atoms with van der Waals surface area (Å²) in [4.78, 5) is 27.8. The highest BCUT2D eigenvalue weighted by Crippen LogP contribution is 2.41. The van der Waals surface area contributed by atoms with Crippen molar-refractivity contribution in [3.63, 3.8) is 0 Å². The molecular formula is C27H25NO5. The summed E-state index contributed by atoms with van der Waals surface area (Å²) in [5.74, 6) is -0.530. The molecule has 1 saturated heterocycles. The van der Waals surface area contributed by atoms with Crippen LogP contribution in [0, 0.1) is 0 Å². The highest BCUT2D eigenvalue weighted by Gasteiger charge is 2.46. The van der Waals surface area contributed by atoms with E-state index in [0.717, 1.165) is 5.56 Å². The largest absolute Gasteiger partial charge is 0.507 e. The maximum absolute atomic E-state index is 13.1. The Morgan fingerprint density at radius 2 is 1.52 bits per heavy atom. The van der Waals surface area contributed by atoms with Crippen molar-refractivity contribution < 1.29 is 24.2 Å². The molecule has 1 fully saturated rings. The van der Waals surface area contributed by atoms with Crippen LogP contribution in [0.15, 0.2) is 84.4 Å². The molecule has 1 atom stereocenters. The van der Waals surface area contributed by atoms with Gasteiger partial charge in [0.1, 0.15) is 5.76 Å². The molecule has 0 bridgehead atoms. The minimum Gasteiger partial charge on any atom is -0.507 e. The van der Waals surface area contributed by atoms with Gasteiger partial charge in [-0.1, -0.05) is 66.7 Å². The number of hydrogen-bond acceptors (Lipinski definition) is 5. The maximum Gasteiger partial charge on any atom is 0.295 e. The number of aliphatic hydroxyl groups excluding tert-OH is 1. The number of benzene rings is 3. The van der Waals surface area contributed by atoms with Gasteiger partial charge in [0.2, 0.25) is 0 Å². The number of rotatable bonds is 7. The molecule has 1 N–H and O–H groups in total. The molecule has 1 aliphatic rings. The summed E-state index contributed by atoms with van der Waals surface area (Å²) in [5.41, 5.74) is 2.24. The zero-order valence-electron chi connectivity index (χ0n) is 18.5. The Bertz CT molecular complexity index is 1190. The molecule has 1 heterocycles. The van der Waals surface area contributed by atoms with Crippen molar-refractivity contribution in [1.29, 1.82) is 0 Å². The Morgan fingerprint density at radius 3 is 2.15 bits per heavy atom. The Labute approximate surface area is 192 Å². The average molecular weight is 443 g/mol. The molecule has 0 radical (unpaired) electrons. The van der Waals surface area contributed by atoms with E-state index >= 15 is 0 Å². The van der Waals surface area contributed by atoms with Crippen LogP contribution in [-0.4, -0.2) is 42.5 Å². The number of carbonyl (C=O) groups is 2. The number of aliphatic hydroxyl groups is 1. The molecule has 0 aromatic heterocycles. The van der Waals surface area contributed by atoms with Gasteiger partial charge >= 0.3 is 0 Å². The minimum atomic E-state index is -0.756. The second kappa shape index (κ2) is 9.61. The molecule has 3 aromatic carbocycles. The number of amides is 1.